The molecule has 3 heteroatoms. The fourth-order valence-corrected chi connectivity index (χ4v) is 1.81. The van der Waals surface area contributed by atoms with Gasteiger partial charge in [0, 0.05) is 13.1 Å². The van der Waals surface area contributed by atoms with Crippen molar-refractivity contribution >= 4 is 0 Å². The molecule has 1 rings (SSSR count). The molecule has 0 radical (unpaired) electrons. The predicted octanol–water partition coefficient (Wildman–Crippen LogP) is 3.53. The maximum atomic E-state index is 5.14. The van der Waals surface area contributed by atoms with Gasteiger partial charge in [-0.05, 0) is 36.1 Å². The molecule has 1 unspecified atom stereocenters. The largest absolute Gasteiger partial charge is 0.497 e. The molecule has 0 bridgehead atoms. The van der Waals surface area contributed by atoms with Crippen molar-refractivity contribution in [1.82, 2.24) is 5.32 Å². The van der Waals surface area contributed by atoms with E-state index in [1.54, 1.807) is 14.2 Å². The van der Waals surface area contributed by atoms with Crippen molar-refractivity contribution in [3.63, 3.8) is 0 Å². The van der Waals surface area contributed by atoms with Crippen LogP contribution >= 0.6 is 0 Å². The van der Waals surface area contributed by atoms with Gasteiger partial charge in [0.2, 0.25) is 0 Å². The van der Waals surface area contributed by atoms with Gasteiger partial charge in [0.25, 0.3) is 0 Å². The predicted molar refractivity (Wildman–Crippen MR) is 83.8 cm³/mol. The Kier molecular flexibility index (Phi) is 7.51. The Morgan fingerprint density at radius 1 is 1.30 bits per heavy atom. The van der Waals surface area contributed by atoms with Crippen LogP contribution in [0.1, 0.15) is 18.9 Å². The molecule has 0 saturated carbocycles. The second kappa shape index (κ2) is 9.21. The molecular formula is C17H25NO2. The molecule has 0 amide bonds. The van der Waals surface area contributed by atoms with Crippen LogP contribution in [0.4, 0.5) is 0 Å². The van der Waals surface area contributed by atoms with E-state index < -0.39 is 0 Å². The first-order chi connectivity index (χ1) is 9.69. The van der Waals surface area contributed by atoms with Crippen molar-refractivity contribution in [2.75, 3.05) is 20.8 Å². The smallest absolute Gasteiger partial charge is 0.118 e. The summed E-state index contributed by atoms with van der Waals surface area (Å²) in [7, 11) is 3.31. The topological polar surface area (TPSA) is 30.5 Å². The quantitative estimate of drug-likeness (QED) is 0.552. The van der Waals surface area contributed by atoms with Crippen LogP contribution in [0.15, 0.2) is 48.8 Å². The van der Waals surface area contributed by atoms with E-state index in [-0.39, 0.29) is 0 Å². The Morgan fingerprint density at radius 3 is 2.55 bits per heavy atom. The molecule has 0 aromatic heterocycles. The average Bonchev–Trinajstić information content (AvgIpc) is 2.50. The van der Waals surface area contributed by atoms with E-state index in [0.717, 1.165) is 25.3 Å². The fraction of sp³-hybridized carbons (Fsp3) is 0.412. The van der Waals surface area contributed by atoms with Crippen LogP contribution < -0.4 is 10.1 Å². The van der Waals surface area contributed by atoms with Crippen LogP contribution in [0, 0.1) is 5.92 Å². The minimum Gasteiger partial charge on any atom is -0.497 e. The normalized spacial score (nSPS) is 12.3. The minimum atomic E-state index is 0.486. The molecule has 0 heterocycles. The van der Waals surface area contributed by atoms with E-state index >= 15 is 0 Å². The first-order valence-electron chi connectivity index (χ1n) is 6.94. The SMILES string of the molecule is C=C(/C=C\C(CC)CNCc1ccc(OC)cc1)OC. The first-order valence-corrected chi connectivity index (χ1v) is 6.94. The molecule has 0 spiro atoms. The van der Waals surface area contributed by atoms with Gasteiger partial charge in [0.15, 0.2) is 0 Å². The van der Waals surface area contributed by atoms with Crippen LogP contribution in [0.2, 0.25) is 0 Å². The molecule has 0 saturated heterocycles. The van der Waals surface area contributed by atoms with Gasteiger partial charge in [0.05, 0.1) is 14.2 Å². The molecule has 3 nitrogen and oxygen atoms in total. The number of allylic oxidation sites excluding steroid dienone is 1. The maximum Gasteiger partial charge on any atom is 0.118 e. The molecule has 110 valence electrons. The minimum absolute atomic E-state index is 0.486. The molecular weight excluding hydrogens is 250 g/mol. The van der Waals surface area contributed by atoms with Gasteiger partial charge < -0.3 is 14.8 Å². The van der Waals surface area contributed by atoms with Crippen molar-refractivity contribution in [3.8, 4) is 5.75 Å². The summed E-state index contributed by atoms with van der Waals surface area (Å²) in [5.74, 6) is 2.07. The molecule has 0 aliphatic heterocycles. The highest BCUT2D eigenvalue weighted by Crippen LogP contribution is 2.11. The van der Waals surface area contributed by atoms with Gasteiger partial charge in [-0.3, -0.25) is 0 Å². The summed E-state index contributed by atoms with van der Waals surface area (Å²) in [6, 6.07) is 8.12. The van der Waals surface area contributed by atoms with E-state index in [1.165, 1.54) is 5.56 Å². The van der Waals surface area contributed by atoms with Crippen molar-refractivity contribution < 1.29 is 9.47 Å². The zero-order valence-electron chi connectivity index (χ0n) is 12.7. The van der Waals surface area contributed by atoms with E-state index in [2.05, 4.69) is 37.0 Å². The van der Waals surface area contributed by atoms with Crippen LogP contribution in [0.25, 0.3) is 0 Å². The highest BCUT2D eigenvalue weighted by molar-refractivity contribution is 5.27. The van der Waals surface area contributed by atoms with E-state index in [4.69, 9.17) is 9.47 Å². The summed E-state index contributed by atoms with van der Waals surface area (Å²) in [5.41, 5.74) is 1.26. The second-order valence-electron chi connectivity index (χ2n) is 4.68. The Labute approximate surface area is 122 Å². The molecule has 1 aromatic carbocycles. The lowest BCUT2D eigenvalue weighted by atomic mass is 10.1. The highest BCUT2D eigenvalue weighted by Gasteiger charge is 2.02. The van der Waals surface area contributed by atoms with Gasteiger partial charge in [-0.25, -0.2) is 0 Å². The third-order valence-electron chi connectivity index (χ3n) is 3.24. The first kappa shape index (κ1) is 16.3. The standard InChI is InChI=1S/C17H25NO2/c1-5-15(7-6-14(2)19-3)12-18-13-16-8-10-17(20-4)11-9-16/h6-11,15,18H,2,5,12-13H2,1,3-4H3/b7-6-. The van der Waals surface area contributed by atoms with Gasteiger partial charge in [-0.1, -0.05) is 31.7 Å². The summed E-state index contributed by atoms with van der Waals surface area (Å²) < 4.78 is 10.2. The van der Waals surface area contributed by atoms with Gasteiger partial charge in [0.1, 0.15) is 11.5 Å². The number of nitrogens with one attached hydrogen (secondary N) is 1. The van der Waals surface area contributed by atoms with Gasteiger partial charge in [-0.2, -0.15) is 0 Å². The summed E-state index contributed by atoms with van der Waals surface area (Å²) in [6.45, 7) is 7.76. The Balaban J connectivity index is 2.36. The number of benzene rings is 1. The Morgan fingerprint density at radius 2 is 2.00 bits per heavy atom. The molecule has 1 aromatic rings. The van der Waals surface area contributed by atoms with E-state index in [1.807, 2.05) is 18.2 Å². The third kappa shape index (κ3) is 5.93. The fourth-order valence-electron chi connectivity index (χ4n) is 1.81. The summed E-state index contributed by atoms with van der Waals surface area (Å²) in [4.78, 5) is 0. The summed E-state index contributed by atoms with van der Waals surface area (Å²) in [6.07, 6.45) is 5.17. The van der Waals surface area contributed by atoms with Crippen molar-refractivity contribution in [2.24, 2.45) is 5.92 Å². The van der Waals surface area contributed by atoms with Crippen molar-refractivity contribution in [2.45, 2.75) is 19.9 Å². The summed E-state index contributed by atoms with van der Waals surface area (Å²) in [5, 5.41) is 3.47. The summed E-state index contributed by atoms with van der Waals surface area (Å²) >= 11 is 0. The van der Waals surface area contributed by atoms with Crippen molar-refractivity contribution in [3.05, 3.63) is 54.3 Å². The number of hydrogen-bond acceptors (Lipinski definition) is 3. The van der Waals surface area contributed by atoms with Gasteiger partial charge in [-0.15, -0.1) is 0 Å². The lowest BCUT2D eigenvalue weighted by Gasteiger charge is -2.12. The highest BCUT2D eigenvalue weighted by atomic mass is 16.5. The Hall–Kier alpha value is -1.74. The molecule has 0 fully saturated rings. The zero-order valence-corrected chi connectivity index (χ0v) is 12.7. The maximum absolute atomic E-state index is 5.14. The van der Waals surface area contributed by atoms with Crippen LogP contribution in [0.5, 0.6) is 5.75 Å². The number of hydrogen-bond donors (Lipinski definition) is 1. The average molecular weight is 275 g/mol. The van der Waals surface area contributed by atoms with Crippen LogP contribution in [-0.2, 0) is 11.3 Å². The zero-order chi connectivity index (χ0) is 14.8. The van der Waals surface area contributed by atoms with Gasteiger partial charge >= 0.3 is 0 Å². The van der Waals surface area contributed by atoms with Crippen molar-refractivity contribution in [1.29, 1.82) is 0 Å². The number of ether oxygens (including phenoxy) is 2. The lowest BCUT2D eigenvalue weighted by molar-refractivity contribution is 0.308. The van der Waals surface area contributed by atoms with Crippen LogP contribution in [-0.4, -0.2) is 20.8 Å². The molecule has 1 atom stereocenters. The molecule has 0 aliphatic rings. The molecule has 20 heavy (non-hydrogen) atoms. The van der Waals surface area contributed by atoms with E-state index in [0.29, 0.717) is 11.7 Å². The number of rotatable bonds is 9. The Bertz CT molecular complexity index is 423. The number of methoxy groups -OCH3 is 2. The molecule has 0 aliphatic carbocycles. The van der Waals surface area contributed by atoms with E-state index in [9.17, 15) is 0 Å². The third-order valence-corrected chi connectivity index (χ3v) is 3.24. The monoisotopic (exact) mass is 275 g/mol. The van der Waals surface area contributed by atoms with Crippen LogP contribution in [0.3, 0.4) is 0 Å². The second-order valence-corrected chi connectivity index (χ2v) is 4.68. The lowest BCUT2D eigenvalue weighted by Crippen LogP contribution is -2.21. The molecule has 1 N–H and O–H groups in total.